The molecule has 6 rings (SSSR count). The molecule has 3 aliphatic rings. The minimum absolute atomic E-state index is 0.0762. The monoisotopic (exact) mass is 513 g/mol. The number of methoxy groups -OCH3 is 1. The van der Waals surface area contributed by atoms with Gasteiger partial charge >= 0.3 is 12.1 Å². The van der Waals surface area contributed by atoms with Gasteiger partial charge in [0.1, 0.15) is 0 Å². The van der Waals surface area contributed by atoms with E-state index in [1.54, 1.807) is 0 Å². The number of nitrogens with one attached hydrogen (secondary N) is 1. The van der Waals surface area contributed by atoms with Crippen molar-refractivity contribution in [3.05, 3.63) is 64.8 Å². The lowest BCUT2D eigenvalue weighted by molar-refractivity contribution is -0.175. The molecule has 0 aliphatic heterocycles. The predicted molar refractivity (Wildman–Crippen MR) is 132 cm³/mol. The standard InChI is InChI=1S/C28H30F3N3O3/c1-17(2)13-34-21-6-4-5-19(11-18-7-9-20(10-8-18)28(29,30)31)23(21)24(33-34)25(36)32-27-14-26(15-27,16-27)12-22(35)37-3/h4-10,17H,11-16H2,1-3H3,(H,32,36). The van der Waals surface area contributed by atoms with Crippen LogP contribution >= 0.6 is 0 Å². The van der Waals surface area contributed by atoms with Crippen molar-refractivity contribution in [2.24, 2.45) is 11.3 Å². The zero-order chi connectivity index (χ0) is 26.6. The molecule has 3 aromatic rings. The van der Waals surface area contributed by atoms with Crippen LogP contribution in [0.1, 0.15) is 66.7 Å². The minimum Gasteiger partial charge on any atom is -0.469 e. The topological polar surface area (TPSA) is 73.2 Å². The highest BCUT2D eigenvalue weighted by molar-refractivity contribution is 6.06. The lowest BCUT2D eigenvalue weighted by Gasteiger charge is -2.70. The molecule has 0 unspecified atom stereocenters. The van der Waals surface area contributed by atoms with Gasteiger partial charge in [0.2, 0.25) is 0 Å². The number of nitrogens with zero attached hydrogens (tertiary/aromatic N) is 2. The third kappa shape index (κ3) is 4.71. The van der Waals surface area contributed by atoms with E-state index in [9.17, 15) is 22.8 Å². The SMILES string of the molecule is COC(=O)CC12CC(NC(=O)c3nn(CC(C)C)c4cccc(Cc5ccc(C(F)(F)F)cc5)c34)(C1)C2. The van der Waals surface area contributed by atoms with Crippen molar-refractivity contribution in [2.75, 3.05) is 7.11 Å². The summed E-state index contributed by atoms with van der Waals surface area (Å²) in [5.74, 6) is -0.196. The molecule has 0 radical (unpaired) electrons. The molecule has 1 amide bonds. The van der Waals surface area contributed by atoms with Crippen LogP contribution < -0.4 is 5.32 Å². The number of benzene rings is 2. The predicted octanol–water partition coefficient (Wildman–Crippen LogP) is 5.52. The Labute approximate surface area is 213 Å². The van der Waals surface area contributed by atoms with Crippen LogP contribution in [0.5, 0.6) is 0 Å². The van der Waals surface area contributed by atoms with E-state index in [-0.39, 0.29) is 22.8 Å². The number of amides is 1. The summed E-state index contributed by atoms with van der Waals surface area (Å²) in [5, 5.41) is 8.59. The van der Waals surface area contributed by atoms with E-state index in [0.717, 1.165) is 47.9 Å². The van der Waals surface area contributed by atoms with E-state index in [2.05, 4.69) is 19.2 Å². The summed E-state index contributed by atoms with van der Waals surface area (Å²) in [6.45, 7) is 4.77. The van der Waals surface area contributed by atoms with Crippen LogP contribution in [0.3, 0.4) is 0 Å². The molecule has 0 saturated heterocycles. The van der Waals surface area contributed by atoms with Gasteiger partial charge in [0.25, 0.3) is 5.91 Å². The van der Waals surface area contributed by atoms with Crippen molar-refractivity contribution in [2.45, 2.75) is 64.2 Å². The normalized spacial score (nSPS) is 22.5. The molecule has 3 aliphatic carbocycles. The molecule has 3 fully saturated rings. The number of aromatic nitrogens is 2. The van der Waals surface area contributed by atoms with Gasteiger partial charge in [0.05, 0.1) is 24.6 Å². The molecule has 1 heterocycles. The van der Waals surface area contributed by atoms with E-state index in [1.807, 2.05) is 22.9 Å². The van der Waals surface area contributed by atoms with Crippen molar-refractivity contribution >= 4 is 22.8 Å². The van der Waals surface area contributed by atoms with E-state index in [1.165, 1.54) is 19.2 Å². The van der Waals surface area contributed by atoms with Gasteiger partial charge in [-0.05, 0) is 66.3 Å². The molecule has 9 heteroatoms. The number of carbonyl (C=O) groups excluding carboxylic acids is 2. The van der Waals surface area contributed by atoms with Crippen LogP contribution in [0, 0.1) is 11.3 Å². The molecule has 2 bridgehead atoms. The van der Waals surface area contributed by atoms with Gasteiger partial charge in [-0.25, -0.2) is 0 Å². The Morgan fingerprint density at radius 1 is 1.11 bits per heavy atom. The summed E-state index contributed by atoms with van der Waals surface area (Å²) >= 11 is 0. The average Bonchev–Trinajstić information content (AvgIpc) is 3.15. The first-order valence-electron chi connectivity index (χ1n) is 12.5. The highest BCUT2D eigenvalue weighted by atomic mass is 19.4. The largest absolute Gasteiger partial charge is 0.469 e. The highest BCUT2D eigenvalue weighted by Gasteiger charge is 2.69. The average molecular weight is 514 g/mol. The van der Waals surface area contributed by atoms with Gasteiger partial charge in [-0.15, -0.1) is 0 Å². The number of ether oxygens (including phenoxy) is 1. The molecule has 196 valence electrons. The van der Waals surface area contributed by atoms with Crippen LogP contribution in [0.4, 0.5) is 13.2 Å². The molecule has 0 atom stereocenters. The third-order valence-electron chi connectivity index (χ3n) is 7.56. The first-order chi connectivity index (χ1) is 17.4. The number of hydrogen-bond acceptors (Lipinski definition) is 4. The van der Waals surface area contributed by atoms with Gasteiger partial charge in [-0.1, -0.05) is 38.1 Å². The van der Waals surface area contributed by atoms with Gasteiger partial charge in [-0.3, -0.25) is 14.3 Å². The Balaban J connectivity index is 1.43. The van der Waals surface area contributed by atoms with E-state index in [0.29, 0.717) is 36.6 Å². The number of esters is 1. The number of fused-ring (bicyclic) bond motifs is 1. The highest BCUT2D eigenvalue weighted by Crippen LogP contribution is 2.69. The Bertz CT molecular complexity index is 1340. The Hall–Kier alpha value is -3.36. The molecule has 0 spiro atoms. The van der Waals surface area contributed by atoms with Crippen molar-refractivity contribution in [3.63, 3.8) is 0 Å². The number of rotatable bonds is 8. The Kier molecular flexibility index (Phi) is 6.08. The second kappa shape index (κ2) is 8.89. The van der Waals surface area contributed by atoms with Gasteiger partial charge in [0.15, 0.2) is 5.69 Å². The van der Waals surface area contributed by atoms with Crippen LogP contribution in [0.2, 0.25) is 0 Å². The van der Waals surface area contributed by atoms with Crippen molar-refractivity contribution in [3.8, 4) is 0 Å². The summed E-state index contributed by atoms with van der Waals surface area (Å²) in [4.78, 5) is 25.2. The van der Waals surface area contributed by atoms with E-state index >= 15 is 0 Å². The molecular weight excluding hydrogens is 483 g/mol. The van der Waals surface area contributed by atoms with Crippen LogP contribution in [-0.2, 0) is 28.7 Å². The maximum absolute atomic E-state index is 13.5. The van der Waals surface area contributed by atoms with Crippen molar-refractivity contribution in [1.82, 2.24) is 15.1 Å². The van der Waals surface area contributed by atoms with Crippen LogP contribution in [0.15, 0.2) is 42.5 Å². The molecule has 37 heavy (non-hydrogen) atoms. The van der Waals surface area contributed by atoms with Crippen LogP contribution in [-0.4, -0.2) is 34.3 Å². The molecule has 1 N–H and O–H groups in total. The fraction of sp³-hybridized carbons (Fsp3) is 0.464. The van der Waals surface area contributed by atoms with Gasteiger partial charge in [0, 0.05) is 17.5 Å². The zero-order valence-electron chi connectivity index (χ0n) is 21.1. The molecule has 3 saturated carbocycles. The molecule has 1 aromatic heterocycles. The molecule has 2 aromatic carbocycles. The van der Waals surface area contributed by atoms with E-state index in [4.69, 9.17) is 9.84 Å². The third-order valence-corrected chi connectivity index (χ3v) is 7.56. The van der Waals surface area contributed by atoms with Crippen molar-refractivity contribution in [1.29, 1.82) is 0 Å². The number of hydrogen-bond donors (Lipinski definition) is 1. The fourth-order valence-electron chi connectivity index (χ4n) is 6.12. The Morgan fingerprint density at radius 2 is 1.78 bits per heavy atom. The van der Waals surface area contributed by atoms with Crippen LogP contribution in [0.25, 0.3) is 10.9 Å². The maximum atomic E-state index is 13.5. The number of alkyl halides is 3. The summed E-state index contributed by atoms with van der Waals surface area (Å²) in [5.41, 5.74) is 1.61. The van der Waals surface area contributed by atoms with Gasteiger partial charge in [-0.2, -0.15) is 18.3 Å². The van der Waals surface area contributed by atoms with Gasteiger partial charge < -0.3 is 10.1 Å². The first kappa shape index (κ1) is 25.3. The fourth-order valence-corrected chi connectivity index (χ4v) is 6.12. The molecule has 6 nitrogen and oxygen atoms in total. The zero-order valence-corrected chi connectivity index (χ0v) is 21.1. The number of halogens is 3. The van der Waals surface area contributed by atoms with Crippen molar-refractivity contribution < 1.29 is 27.5 Å². The summed E-state index contributed by atoms with van der Waals surface area (Å²) in [6.07, 6.45) is -1.43. The molecular formula is C28H30F3N3O3. The first-order valence-corrected chi connectivity index (χ1v) is 12.5. The summed E-state index contributed by atoms with van der Waals surface area (Å²) < 4.78 is 45.6. The lowest BCUT2D eigenvalue weighted by Crippen LogP contribution is -2.75. The summed E-state index contributed by atoms with van der Waals surface area (Å²) in [7, 11) is 1.38. The quantitative estimate of drug-likeness (QED) is 0.403. The second-order valence-corrected chi connectivity index (χ2v) is 11.1. The van der Waals surface area contributed by atoms with E-state index < -0.39 is 11.7 Å². The summed E-state index contributed by atoms with van der Waals surface area (Å²) in [6, 6.07) is 10.8. The smallest absolute Gasteiger partial charge is 0.416 e. The second-order valence-electron chi connectivity index (χ2n) is 11.1. The lowest BCUT2D eigenvalue weighted by atomic mass is 9.38. The minimum atomic E-state index is -4.39. The number of carbonyl (C=O) groups is 2. The maximum Gasteiger partial charge on any atom is 0.416 e. The Morgan fingerprint density at radius 3 is 2.38 bits per heavy atom.